The summed E-state index contributed by atoms with van der Waals surface area (Å²) in [6, 6.07) is 2.08. The molecule has 1 saturated heterocycles. The molecular formula is C12H17N5O. The highest BCUT2D eigenvalue weighted by Crippen LogP contribution is 2.16. The van der Waals surface area contributed by atoms with Crippen molar-refractivity contribution in [2.45, 2.75) is 6.42 Å². The van der Waals surface area contributed by atoms with Gasteiger partial charge < -0.3 is 10.0 Å². The van der Waals surface area contributed by atoms with Gasteiger partial charge in [-0.2, -0.15) is 5.26 Å². The van der Waals surface area contributed by atoms with Crippen molar-refractivity contribution in [3.63, 3.8) is 0 Å². The summed E-state index contributed by atoms with van der Waals surface area (Å²) >= 11 is 0. The Morgan fingerprint density at radius 3 is 2.83 bits per heavy atom. The van der Waals surface area contributed by atoms with Crippen molar-refractivity contribution in [3.8, 4) is 6.07 Å². The fraction of sp³-hybridized carbons (Fsp3) is 0.583. The van der Waals surface area contributed by atoms with Crippen LogP contribution in [0.5, 0.6) is 0 Å². The SMILES string of the molecule is N#Cc1nccnc1N1CCCN(CCO)CC1. The zero-order valence-electron chi connectivity index (χ0n) is 10.3. The second-order valence-electron chi connectivity index (χ2n) is 4.25. The number of rotatable bonds is 3. The normalized spacial score (nSPS) is 17.2. The second kappa shape index (κ2) is 6.28. The average molecular weight is 247 g/mol. The third kappa shape index (κ3) is 2.94. The fourth-order valence-corrected chi connectivity index (χ4v) is 2.19. The Balaban J connectivity index is 2.08. The summed E-state index contributed by atoms with van der Waals surface area (Å²) < 4.78 is 0. The molecule has 1 aromatic heterocycles. The molecule has 6 heteroatoms. The number of hydrogen-bond donors (Lipinski definition) is 1. The molecule has 0 bridgehead atoms. The van der Waals surface area contributed by atoms with Crippen molar-refractivity contribution in [3.05, 3.63) is 18.1 Å². The first-order valence-electron chi connectivity index (χ1n) is 6.14. The first kappa shape index (κ1) is 12.7. The molecule has 0 radical (unpaired) electrons. The van der Waals surface area contributed by atoms with Crippen molar-refractivity contribution >= 4 is 5.82 Å². The molecular weight excluding hydrogens is 230 g/mol. The summed E-state index contributed by atoms with van der Waals surface area (Å²) in [6.07, 6.45) is 4.16. The molecule has 1 aliphatic heterocycles. The van der Waals surface area contributed by atoms with E-state index in [1.807, 2.05) is 0 Å². The van der Waals surface area contributed by atoms with E-state index in [0.29, 0.717) is 18.1 Å². The predicted molar refractivity (Wildman–Crippen MR) is 67.1 cm³/mol. The van der Waals surface area contributed by atoms with E-state index in [1.165, 1.54) is 6.20 Å². The minimum atomic E-state index is 0.189. The van der Waals surface area contributed by atoms with Crippen LogP contribution in [0.4, 0.5) is 5.82 Å². The summed E-state index contributed by atoms with van der Waals surface area (Å²) in [6.45, 7) is 4.43. The molecule has 18 heavy (non-hydrogen) atoms. The first-order valence-corrected chi connectivity index (χ1v) is 6.14. The summed E-state index contributed by atoms with van der Waals surface area (Å²) in [5.41, 5.74) is 0.383. The molecule has 2 rings (SSSR count). The Morgan fingerprint density at radius 1 is 1.22 bits per heavy atom. The van der Waals surface area contributed by atoms with Gasteiger partial charge in [0.25, 0.3) is 0 Å². The summed E-state index contributed by atoms with van der Waals surface area (Å²) in [5.74, 6) is 0.672. The number of aliphatic hydroxyl groups excluding tert-OH is 1. The molecule has 0 aromatic carbocycles. The Morgan fingerprint density at radius 2 is 2.06 bits per heavy atom. The van der Waals surface area contributed by atoms with Crippen LogP contribution in [-0.2, 0) is 0 Å². The number of nitrogens with zero attached hydrogens (tertiary/aromatic N) is 5. The van der Waals surface area contributed by atoms with Crippen molar-refractivity contribution in [1.82, 2.24) is 14.9 Å². The Bertz CT molecular complexity index is 431. The van der Waals surface area contributed by atoms with Gasteiger partial charge in [0.05, 0.1) is 6.61 Å². The van der Waals surface area contributed by atoms with Crippen LogP contribution in [0.15, 0.2) is 12.4 Å². The van der Waals surface area contributed by atoms with Crippen LogP contribution in [0, 0.1) is 11.3 Å². The van der Waals surface area contributed by atoms with E-state index < -0.39 is 0 Å². The number of aromatic nitrogens is 2. The highest BCUT2D eigenvalue weighted by Gasteiger charge is 2.18. The van der Waals surface area contributed by atoms with E-state index in [0.717, 1.165) is 32.6 Å². The van der Waals surface area contributed by atoms with Gasteiger partial charge in [-0.15, -0.1) is 0 Å². The number of aliphatic hydroxyl groups is 1. The summed E-state index contributed by atoms with van der Waals surface area (Å²) in [4.78, 5) is 12.6. The van der Waals surface area contributed by atoms with Crippen LogP contribution < -0.4 is 4.90 Å². The highest BCUT2D eigenvalue weighted by atomic mass is 16.3. The molecule has 1 fully saturated rings. The van der Waals surface area contributed by atoms with Crippen molar-refractivity contribution in [1.29, 1.82) is 5.26 Å². The molecule has 0 saturated carbocycles. The number of anilines is 1. The van der Waals surface area contributed by atoms with Gasteiger partial charge in [0.15, 0.2) is 11.5 Å². The van der Waals surface area contributed by atoms with Gasteiger partial charge >= 0.3 is 0 Å². The van der Waals surface area contributed by atoms with Gasteiger partial charge in [0.1, 0.15) is 6.07 Å². The quantitative estimate of drug-likeness (QED) is 0.800. The van der Waals surface area contributed by atoms with E-state index in [4.69, 9.17) is 10.4 Å². The molecule has 0 spiro atoms. The predicted octanol–water partition coefficient (Wildman–Crippen LogP) is -0.147. The summed E-state index contributed by atoms with van der Waals surface area (Å²) in [7, 11) is 0. The zero-order valence-corrected chi connectivity index (χ0v) is 10.3. The second-order valence-corrected chi connectivity index (χ2v) is 4.25. The van der Waals surface area contributed by atoms with Gasteiger partial charge in [-0.3, -0.25) is 4.90 Å². The minimum Gasteiger partial charge on any atom is -0.395 e. The van der Waals surface area contributed by atoms with E-state index >= 15 is 0 Å². The smallest absolute Gasteiger partial charge is 0.183 e. The molecule has 0 unspecified atom stereocenters. The largest absolute Gasteiger partial charge is 0.395 e. The van der Waals surface area contributed by atoms with Gasteiger partial charge in [-0.25, -0.2) is 9.97 Å². The Labute approximate surface area is 106 Å². The third-order valence-corrected chi connectivity index (χ3v) is 3.09. The number of hydrogen-bond acceptors (Lipinski definition) is 6. The molecule has 1 aliphatic rings. The van der Waals surface area contributed by atoms with E-state index in [-0.39, 0.29) is 6.61 Å². The Kier molecular flexibility index (Phi) is 4.45. The molecule has 0 aliphatic carbocycles. The van der Waals surface area contributed by atoms with Crippen LogP contribution in [-0.4, -0.2) is 59.3 Å². The lowest BCUT2D eigenvalue weighted by atomic mass is 10.3. The number of nitriles is 1. The first-order chi connectivity index (χ1) is 8.85. The molecule has 1 N–H and O–H groups in total. The maximum absolute atomic E-state index is 9.03. The van der Waals surface area contributed by atoms with Crippen LogP contribution in [0.3, 0.4) is 0 Å². The molecule has 0 atom stereocenters. The zero-order chi connectivity index (χ0) is 12.8. The molecule has 96 valence electrons. The minimum absolute atomic E-state index is 0.189. The van der Waals surface area contributed by atoms with Crippen LogP contribution in [0.25, 0.3) is 0 Å². The van der Waals surface area contributed by atoms with Crippen LogP contribution >= 0.6 is 0 Å². The lowest BCUT2D eigenvalue weighted by molar-refractivity contribution is 0.204. The molecule has 0 amide bonds. The molecule has 1 aromatic rings. The average Bonchev–Trinajstić information content (AvgIpc) is 2.65. The lowest BCUT2D eigenvalue weighted by Crippen LogP contribution is -2.33. The van der Waals surface area contributed by atoms with Crippen LogP contribution in [0.1, 0.15) is 12.1 Å². The van der Waals surface area contributed by atoms with Crippen molar-refractivity contribution in [2.75, 3.05) is 44.2 Å². The Hall–Kier alpha value is -1.71. The van der Waals surface area contributed by atoms with Gasteiger partial charge in [0.2, 0.25) is 0 Å². The lowest BCUT2D eigenvalue weighted by Gasteiger charge is -2.22. The van der Waals surface area contributed by atoms with Gasteiger partial charge in [-0.05, 0) is 13.0 Å². The number of β-amino-alcohol motifs (C(OH)–C–C–N with tert-alkyl or cyclic N) is 1. The maximum Gasteiger partial charge on any atom is 0.183 e. The van der Waals surface area contributed by atoms with Crippen LogP contribution in [0.2, 0.25) is 0 Å². The van der Waals surface area contributed by atoms with E-state index in [1.54, 1.807) is 6.20 Å². The standard InChI is InChI=1S/C12H17N5O/c13-10-11-12(15-3-2-14-11)17-5-1-4-16(6-7-17)8-9-18/h2-3,18H,1,4-9H2. The maximum atomic E-state index is 9.03. The fourth-order valence-electron chi connectivity index (χ4n) is 2.19. The van der Waals surface area contributed by atoms with Gasteiger partial charge in [0, 0.05) is 38.6 Å². The molecule has 2 heterocycles. The van der Waals surface area contributed by atoms with Gasteiger partial charge in [-0.1, -0.05) is 0 Å². The molecule has 6 nitrogen and oxygen atoms in total. The monoisotopic (exact) mass is 247 g/mol. The third-order valence-electron chi connectivity index (χ3n) is 3.09. The van der Waals surface area contributed by atoms with E-state index in [9.17, 15) is 0 Å². The summed E-state index contributed by atoms with van der Waals surface area (Å²) in [5, 5.41) is 18.0. The highest BCUT2D eigenvalue weighted by molar-refractivity contribution is 5.49. The van der Waals surface area contributed by atoms with Crippen molar-refractivity contribution < 1.29 is 5.11 Å². The van der Waals surface area contributed by atoms with Crippen molar-refractivity contribution in [2.24, 2.45) is 0 Å². The van der Waals surface area contributed by atoms with E-state index in [2.05, 4.69) is 25.8 Å². The topological polar surface area (TPSA) is 76.3 Å².